The van der Waals surface area contributed by atoms with Gasteiger partial charge in [-0.15, -0.1) is 0 Å². The van der Waals surface area contributed by atoms with Gasteiger partial charge in [-0.05, 0) is 37.5 Å². The maximum absolute atomic E-state index is 5.41. The van der Waals surface area contributed by atoms with Crippen LogP contribution in [0.2, 0.25) is 0 Å². The fourth-order valence-electron chi connectivity index (χ4n) is 2.37. The molecule has 0 heterocycles. The summed E-state index contributed by atoms with van der Waals surface area (Å²) < 4.78 is 10.7. The molecule has 5 heteroatoms. The highest BCUT2D eigenvalue weighted by molar-refractivity contribution is 5.80. The maximum atomic E-state index is 5.41. The summed E-state index contributed by atoms with van der Waals surface area (Å²) in [5.74, 6) is 2.41. The normalized spacial score (nSPS) is 15.3. The zero-order chi connectivity index (χ0) is 16.9. The zero-order valence-electron chi connectivity index (χ0n) is 14.9. The zero-order valence-corrected chi connectivity index (χ0v) is 14.9. The van der Waals surface area contributed by atoms with Crippen molar-refractivity contribution in [2.75, 3.05) is 27.3 Å². The number of nitrogens with zero attached hydrogens (tertiary/aromatic N) is 1. The van der Waals surface area contributed by atoms with Crippen LogP contribution in [0, 0.1) is 0 Å². The average molecular weight is 319 g/mol. The van der Waals surface area contributed by atoms with Crippen LogP contribution >= 0.6 is 0 Å². The van der Waals surface area contributed by atoms with Gasteiger partial charge in [-0.1, -0.05) is 19.9 Å². The lowest BCUT2D eigenvalue weighted by molar-refractivity contribution is 0.353. The lowest BCUT2D eigenvalue weighted by atomic mass is 9.84. The Morgan fingerprint density at radius 1 is 1.22 bits per heavy atom. The first-order valence-corrected chi connectivity index (χ1v) is 8.27. The molecule has 0 bridgehead atoms. The van der Waals surface area contributed by atoms with Crippen LogP contribution in [0.15, 0.2) is 23.2 Å². The first-order valence-electron chi connectivity index (χ1n) is 8.27. The summed E-state index contributed by atoms with van der Waals surface area (Å²) in [5.41, 5.74) is 1.09. The molecule has 0 saturated heterocycles. The first-order chi connectivity index (χ1) is 11.0. The monoisotopic (exact) mass is 319 g/mol. The molecule has 23 heavy (non-hydrogen) atoms. The second-order valence-corrected chi connectivity index (χ2v) is 6.57. The van der Waals surface area contributed by atoms with Crippen molar-refractivity contribution >= 4 is 5.96 Å². The number of aliphatic imine (C=N–C) groups is 1. The molecule has 0 radical (unpaired) electrons. The van der Waals surface area contributed by atoms with Gasteiger partial charge in [0.25, 0.3) is 0 Å². The molecule has 1 saturated carbocycles. The Bertz CT molecular complexity index is 551. The molecular formula is C18H29N3O2. The highest BCUT2D eigenvalue weighted by Gasteiger charge is 2.24. The molecule has 0 spiro atoms. The summed E-state index contributed by atoms with van der Waals surface area (Å²) >= 11 is 0. The van der Waals surface area contributed by atoms with E-state index in [1.54, 1.807) is 14.2 Å². The molecule has 1 aliphatic rings. The van der Waals surface area contributed by atoms with Gasteiger partial charge in [-0.3, -0.25) is 4.99 Å². The molecule has 1 aromatic rings. The van der Waals surface area contributed by atoms with Crippen LogP contribution in [0.4, 0.5) is 0 Å². The number of rotatable bonds is 7. The first kappa shape index (κ1) is 17.4. The van der Waals surface area contributed by atoms with Gasteiger partial charge < -0.3 is 20.1 Å². The highest BCUT2D eigenvalue weighted by Crippen LogP contribution is 2.33. The summed E-state index contributed by atoms with van der Waals surface area (Å²) in [6.45, 7) is 8.04. The molecule has 0 amide bonds. The SMILES string of the molecule is CCNC(=NCC(C)(C)c1ccc(OC)c(OC)c1)NC1CC1. The third kappa shape index (κ3) is 4.78. The molecule has 128 valence electrons. The second kappa shape index (κ2) is 7.57. The Hall–Kier alpha value is -1.91. The molecule has 2 N–H and O–H groups in total. The average Bonchev–Trinajstić information content (AvgIpc) is 3.36. The number of methoxy groups -OCH3 is 2. The number of ether oxygens (including phenoxy) is 2. The van der Waals surface area contributed by atoms with E-state index in [2.05, 4.69) is 37.5 Å². The predicted octanol–water partition coefficient (Wildman–Crippen LogP) is 2.70. The number of hydrogen-bond acceptors (Lipinski definition) is 3. The van der Waals surface area contributed by atoms with Crippen LogP contribution in [-0.2, 0) is 5.41 Å². The van der Waals surface area contributed by atoms with Crippen LogP contribution in [0.3, 0.4) is 0 Å². The molecule has 1 aliphatic carbocycles. The van der Waals surface area contributed by atoms with Gasteiger partial charge >= 0.3 is 0 Å². The third-order valence-electron chi connectivity index (χ3n) is 4.06. The maximum Gasteiger partial charge on any atom is 0.191 e. The lowest BCUT2D eigenvalue weighted by Gasteiger charge is -2.25. The molecule has 1 fully saturated rings. The van der Waals surface area contributed by atoms with Crippen LogP contribution in [-0.4, -0.2) is 39.3 Å². The topological polar surface area (TPSA) is 54.9 Å². The number of guanidine groups is 1. The van der Waals surface area contributed by atoms with Crippen molar-refractivity contribution in [3.8, 4) is 11.5 Å². The van der Waals surface area contributed by atoms with Crippen molar-refractivity contribution in [3.63, 3.8) is 0 Å². The summed E-state index contributed by atoms with van der Waals surface area (Å²) in [5, 5.41) is 6.76. The van der Waals surface area contributed by atoms with Crippen molar-refractivity contribution in [3.05, 3.63) is 23.8 Å². The van der Waals surface area contributed by atoms with E-state index in [4.69, 9.17) is 14.5 Å². The van der Waals surface area contributed by atoms with Crippen LogP contribution in [0.5, 0.6) is 11.5 Å². The van der Waals surface area contributed by atoms with Crippen LogP contribution < -0.4 is 20.1 Å². The number of nitrogens with one attached hydrogen (secondary N) is 2. The van der Waals surface area contributed by atoms with E-state index in [1.165, 1.54) is 18.4 Å². The van der Waals surface area contributed by atoms with Gasteiger partial charge in [-0.25, -0.2) is 0 Å². The second-order valence-electron chi connectivity index (χ2n) is 6.57. The van der Waals surface area contributed by atoms with Gasteiger partial charge in [0, 0.05) is 18.0 Å². The summed E-state index contributed by atoms with van der Waals surface area (Å²) in [7, 11) is 3.31. The quantitative estimate of drug-likeness (QED) is 0.599. The molecule has 0 atom stereocenters. The fourth-order valence-corrected chi connectivity index (χ4v) is 2.37. The summed E-state index contributed by atoms with van der Waals surface area (Å²) in [6, 6.07) is 6.66. The number of benzene rings is 1. The minimum atomic E-state index is -0.0918. The van der Waals surface area contributed by atoms with E-state index in [0.29, 0.717) is 12.6 Å². The standard InChI is InChI=1S/C18H29N3O2/c1-6-19-17(21-14-8-9-14)20-12-18(2,3)13-7-10-15(22-4)16(11-13)23-5/h7,10-11,14H,6,8-9,12H2,1-5H3,(H2,19,20,21). The van der Waals surface area contributed by atoms with Crippen molar-refractivity contribution in [1.82, 2.24) is 10.6 Å². The molecule has 2 rings (SSSR count). The van der Waals surface area contributed by atoms with Crippen LogP contribution in [0.1, 0.15) is 39.2 Å². The van der Waals surface area contributed by atoms with E-state index in [9.17, 15) is 0 Å². The smallest absolute Gasteiger partial charge is 0.191 e. The fraction of sp³-hybridized carbons (Fsp3) is 0.611. The molecule has 0 aromatic heterocycles. The summed E-state index contributed by atoms with van der Waals surface area (Å²) in [6.07, 6.45) is 2.48. The molecule has 0 unspecified atom stereocenters. The molecule has 5 nitrogen and oxygen atoms in total. The van der Waals surface area contributed by atoms with E-state index < -0.39 is 0 Å². The number of hydrogen-bond donors (Lipinski definition) is 2. The Kier molecular flexibility index (Phi) is 5.74. The van der Waals surface area contributed by atoms with Crippen molar-refractivity contribution in [2.45, 2.75) is 45.1 Å². The van der Waals surface area contributed by atoms with E-state index in [0.717, 1.165) is 24.0 Å². The van der Waals surface area contributed by atoms with Crippen molar-refractivity contribution in [2.24, 2.45) is 4.99 Å². The van der Waals surface area contributed by atoms with E-state index in [1.807, 2.05) is 12.1 Å². The third-order valence-corrected chi connectivity index (χ3v) is 4.06. The van der Waals surface area contributed by atoms with Gasteiger partial charge in [0.05, 0.1) is 20.8 Å². The molecule has 0 aliphatic heterocycles. The van der Waals surface area contributed by atoms with Gasteiger partial charge in [-0.2, -0.15) is 0 Å². The van der Waals surface area contributed by atoms with Gasteiger partial charge in [0.1, 0.15) is 0 Å². The van der Waals surface area contributed by atoms with Crippen molar-refractivity contribution in [1.29, 1.82) is 0 Å². The van der Waals surface area contributed by atoms with Gasteiger partial charge in [0.2, 0.25) is 0 Å². The molecular weight excluding hydrogens is 290 g/mol. The molecule has 1 aromatic carbocycles. The predicted molar refractivity (Wildman–Crippen MR) is 94.7 cm³/mol. The Labute approximate surface area is 139 Å². The Morgan fingerprint density at radius 3 is 2.48 bits per heavy atom. The minimum Gasteiger partial charge on any atom is -0.493 e. The largest absolute Gasteiger partial charge is 0.493 e. The minimum absolute atomic E-state index is 0.0918. The van der Waals surface area contributed by atoms with Gasteiger partial charge in [0.15, 0.2) is 17.5 Å². The highest BCUT2D eigenvalue weighted by atomic mass is 16.5. The summed E-state index contributed by atoms with van der Waals surface area (Å²) in [4.78, 5) is 4.76. The Morgan fingerprint density at radius 2 is 1.91 bits per heavy atom. The van der Waals surface area contributed by atoms with E-state index >= 15 is 0 Å². The Balaban J connectivity index is 2.12. The van der Waals surface area contributed by atoms with E-state index in [-0.39, 0.29) is 5.41 Å². The van der Waals surface area contributed by atoms with Crippen LogP contribution in [0.25, 0.3) is 0 Å². The van der Waals surface area contributed by atoms with Crippen molar-refractivity contribution < 1.29 is 9.47 Å². The lowest BCUT2D eigenvalue weighted by Crippen LogP contribution is -2.39.